The summed E-state index contributed by atoms with van der Waals surface area (Å²) < 4.78 is 85.5. The molecule has 0 radical (unpaired) electrons. The van der Waals surface area contributed by atoms with E-state index in [1.54, 1.807) is 27.7 Å². The fourth-order valence-corrected chi connectivity index (χ4v) is 1.54. The van der Waals surface area contributed by atoms with E-state index in [-0.39, 0.29) is 5.46 Å². The van der Waals surface area contributed by atoms with E-state index in [0.29, 0.717) is 0 Å². The molecular weight excluding hydrogens is 227 g/mol. The van der Waals surface area contributed by atoms with Crippen molar-refractivity contribution in [3.8, 4) is 0 Å². The molecule has 4 heteroatoms. The lowest BCUT2D eigenvalue weighted by molar-refractivity contribution is 0.00578. The first-order chi connectivity index (χ1) is 11.9. The smallest absolute Gasteiger partial charge is 0.399 e. The summed E-state index contributed by atoms with van der Waals surface area (Å²) in [5, 5.41) is 0. The van der Waals surface area contributed by atoms with Crippen LogP contribution in [0.15, 0.2) is 24.2 Å². The van der Waals surface area contributed by atoms with Crippen LogP contribution in [0.3, 0.4) is 0 Å². The van der Waals surface area contributed by atoms with Crippen LogP contribution in [-0.2, 0) is 20.6 Å². The van der Waals surface area contributed by atoms with E-state index in [4.69, 9.17) is 21.6 Å². The topological polar surface area (TPSA) is 27.7 Å². The molecule has 1 saturated heterocycles. The van der Waals surface area contributed by atoms with Crippen LogP contribution in [0, 0.1) is 0 Å². The number of benzene rings is 1. The number of hydrogen-bond acceptors (Lipinski definition) is 3. The van der Waals surface area contributed by atoms with E-state index in [1.807, 2.05) is 0 Å². The molecule has 98 valence electrons. The largest absolute Gasteiger partial charge is 0.494 e. The molecule has 0 unspecified atom stereocenters. The molecule has 0 bridgehead atoms. The summed E-state index contributed by atoms with van der Waals surface area (Å²) in [6, 6.07) is -2.64. The van der Waals surface area contributed by atoms with Gasteiger partial charge in [-0.05, 0) is 38.7 Å². The van der Waals surface area contributed by atoms with Crippen LogP contribution < -0.4 is 5.46 Å². The number of rotatable bonds is 3. The van der Waals surface area contributed by atoms with Gasteiger partial charge in [0.2, 0.25) is 0 Å². The second-order valence-electron chi connectivity index (χ2n) is 5.08. The summed E-state index contributed by atoms with van der Waals surface area (Å²) in [5.74, 6) is 0. The van der Waals surface area contributed by atoms with Crippen molar-refractivity contribution in [2.45, 2.75) is 45.5 Å². The van der Waals surface area contributed by atoms with Gasteiger partial charge in [0.1, 0.15) is 0 Å². The second-order valence-corrected chi connectivity index (χ2v) is 5.08. The van der Waals surface area contributed by atoms with Crippen LogP contribution in [0.25, 0.3) is 0 Å². The van der Waals surface area contributed by atoms with Crippen LogP contribution in [0.5, 0.6) is 0 Å². The van der Waals surface area contributed by atoms with E-state index in [1.165, 1.54) is 0 Å². The third-order valence-corrected chi connectivity index (χ3v) is 3.29. The van der Waals surface area contributed by atoms with Gasteiger partial charge >= 0.3 is 7.12 Å². The molecule has 18 heavy (non-hydrogen) atoms. The lowest BCUT2D eigenvalue weighted by atomic mass is 9.78. The summed E-state index contributed by atoms with van der Waals surface area (Å²) in [5.41, 5.74) is -2.63. The fraction of sp³-hybridized carbons (Fsp3) is 0.571. The van der Waals surface area contributed by atoms with Gasteiger partial charge in [0.15, 0.2) is 0 Å². The van der Waals surface area contributed by atoms with Crippen LogP contribution in [-0.4, -0.2) is 25.4 Å². The number of methoxy groups -OCH3 is 1. The molecule has 1 aromatic carbocycles. The molecule has 0 aliphatic carbocycles. The molecule has 0 spiro atoms. The van der Waals surface area contributed by atoms with E-state index < -0.39 is 61.7 Å². The highest BCUT2D eigenvalue weighted by Crippen LogP contribution is 2.36. The normalized spacial score (nSPS) is 30.0. The highest BCUT2D eigenvalue weighted by atomic mass is 16.7. The van der Waals surface area contributed by atoms with E-state index in [0.717, 1.165) is 0 Å². The van der Waals surface area contributed by atoms with Gasteiger partial charge in [0.25, 0.3) is 0 Å². The maximum atomic E-state index is 8.33. The first-order valence-electron chi connectivity index (χ1n) is 10.1. The molecule has 0 saturated carbocycles. The van der Waals surface area contributed by atoms with E-state index in [9.17, 15) is 0 Å². The van der Waals surface area contributed by atoms with Crippen molar-refractivity contribution in [3.63, 3.8) is 0 Å². The molecule has 1 aliphatic rings. The Hall–Kier alpha value is -0.835. The molecule has 1 fully saturated rings. The first-order valence-corrected chi connectivity index (χ1v) is 5.58. The minimum atomic E-state index is -3.13. The Labute approximate surface area is 122 Å². The summed E-state index contributed by atoms with van der Waals surface area (Å²) in [6.45, 7) is 3.94. The Kier molecular flexibility index (Phi) is 1.58. The minimum Gasteiger partial charge on any atom is -0.399 e. The van der Waals surface area contributed by atoms with Crippen molar-refractivity contribution in [1.82, 2.24) is 0 Å². The van der Waals surface area contributed by atoms with Gasteiger partial charge in [-0.25, -0.2) is 0 Å². The molecular formula is C14H21BO3. The lowest BCUT2D eigenvalue weighted by Gasteiger charge is -2.32. The lowest BCUT2D eigenvalue weighted by Crippen LogP contribution is -2.41. The Morgan fingerprint density at radius 2 is 2.00 bits per heavy atom. The Morgan fingerprint density at radius 3 is 2.61 bits per heavy atom. The molecule has 1 aromatic rings. The van der Waals surface area contributed by atoms with Gasteiger partial charge in [0, 0.05) is 7.04 Å². The zero-order valence-corrected chi connectivity index (χ0v) is 10.8. The van der Waals surface area contributed by atoms with Gasteiger partial charge in [0.05, 0.1) is 30.1 Å². The Bertz CT molecular complexity index is 745. The highest BCUT2D eigenvalue weighted by Gasteiger charge is 2.51. The molecule has 0 amide bonds. The quantitative estimate of drug-likeness (QED) is 0.776. The maximum Gasteiger partial charge on any atom is 0.494 e. The molecule has 0 aromatic heterocycles. The van der Waals surface area contributed by atoms with Gasteiger partial charge in [-0.1, -0.05) is 24.2 Å². The molecule has 0 atom stereocenters. The molecule has 1 aliphatic heterocycles. The number of hydrogen-bond donors (Lipinski definition) is 0. The molecule has 0 N–H and O–H groups in total. The summed E-state index contributed by atoms with van der Waals surface area (Å²) >= 11 is 0. The molecule has 1 heterocycles. The predicted octanol–water partition coefficient (Wildman–Crippen LogP) is 2.13. The van der Waals surface area contributed by atoms with Crippen molar-refractivity contribution in [1.29, 1.82) is 0 Å². The second kappa shape index (κ2) is 4.69. The summed E-state index contributed by atoms with van der Waals surface area (Å²) in [6.07, 6.45) is 0. The number of ether oxygens (including phenoxy) is 1. The van der Waals surface area contributed by atoms with Crippen LogP contribution in [0.4, 0.5) is 0 Å². The van der Waals surface area contributed by atoms with Gasteiger partial charge in [-0.2, -0.15) is 0 Å². The standard InChI is InChI=1S/C14H21BO3/c1-13(2)14(3,4)18-15(17-13)12-8-6-7-11(9-12)10-16-5/h6-9H,10H2,1-5H3/i5D3,6D,7D,8D,9D,10D2. The fourth-order valence-electron chi connectivity index (χ4n) is 1.54. The van der Waals surface area contributed by atoms with Crippen LogP contribution in [0.2, 0.25) is 0 Å². The van der Waals surface area contributed by atoms with Crippen molar-refractivity contribution >= 4 is 12.6 Å². The first kappa shape index (κ1) is 6.08. The van der Waals surface area contributed by atoms with Crippen LogP contribution >= 0.6 is 0 Å². The Morgan fingerprint density at radius 1 is 1.33 bits per heavy atom. The maximum absolute atomic E-state index is 8.33. The van der Waals surface area contributed by atoms with E-state index >= 15 is 0 Å². The molecule has 3 nitrogen and oxygen atoms in total. The Balaban J connectivity index is 2.67. The average molecular weight is 257 g/mol. The predicted molar refractivity (Wildman–Crippen MR) is 72.9 cm³/mol. The van der Waals surface area contributed by atoms with E-state index in [2.05, 4.69) is 4.74 Å². The summed E-state index contributed by atoms with van der Waals surface area (Å²) in [4.78, 5) is 0. The third-order valence-electron chi connectivity index (χ3n) is 3.29. The van der Waals surface area contributed by atoms with Gasteiger partial charge in [-0.15, -0.1) is 0 Å². The minimum absolute atomic E-state index is 0.248. The van der Waals surface area contributed by atoms with Crippen molar-refractivity contribution < 1.29 is 26.4 Å². The van der Waals surface area contributed by atoms with Crippen molar-refractivity contribution in [2.75, 3.05) is 7.04 Å². The third kappa shape index (κ3) is 2.46. The molecule has 2 rings (SSSR count). The summed E-state index contributed by atoms with van der Waals surface area (Å²) in [7, 11) is -4.38. The van der Waals surface area contributed by atoms with Crippen molar-refractivity contribution in [3.05, 3.63) is 29.7 Å². The zero-order valence-electron chi connectivity index (χ0n) is 19.8. The highest BCUT2D eigenvalue weighted by molar-refractivity contribution is 6.62. The average Bonchev–Trinajstić information content (AvgIpc) is 2.61. The van der Waals surface area contributed by atoms with Gasteiger partial charge in [-0.3, -0.25) is 0 Å². The SMILES string of the molecule is [2H]c1c([2H])c(B2OC(C)(C)C(C)(C)O2)c([2H])c(C([2H])([2H])OC([2H])([2H])[2H])c1[2H]. The monoisotopic (exact) mass is 257 g/mol. The van der Waals surface area contributed by atoms with Gasteiger partial charge < -0.3 is 14.0 Å². The van der Waals surface area contributed by atoms with Crippen molar-refractivity contribution in [2.24, 2.45) is 0 Å². The zero-order chi connectivity index (χ0) is 21.2. The van der Waals surface area contributed by atoms with Crippen LogP contribution in [0.1, 0.15) is 45.6 Å².